The van der Waals surface area contributed by atoms with Crippen molar-refractivity contribution in [3.8, 4) is 0 Å². The van der Waals surface area contributed by atoms with Gasteiger partial charge in [-0.3, -0.25) is 14.4 Å². The number of hydrogen-bond acceptors (Lipinski definition) is 3. The second-order valence-electron chi connectivity index (χ2n) is 6.86. The Balaban J connectivity index is 1.72. The SMILES string of the molecule is CN1C[C@H](C(=O)C(=O)NC2CC2)[C@@H](C2CCCCC2)C1=O. The van der Waals surface area contributed by atoms with E-state index in [4.69, 9.17) is 0 Å². The average Bonchev–Trinajstić information content (AvgIpc) is 3.25. The van der Waals surface area contributed by atoms with E-state index in [9.17, 15) is 14.4 Å². The van der Waals surface area contributed by atoms with Gasteiger partial charge in [-0.2, -0.15) is 0 Å². The number of hydrogen-bond donors (Lipinski definition) is 1. The maximum absolute atomic E-state index is 12.5. The van der Waals surface area contributed by atoms with Crippen molar-refractivity contribution < 1.29 is 14.4 Å². The molecule has 21 heavy (non-hydrogen) atoms. The minimum absolute atomic E-state index is 0.0551. The van der Waals surface area contributed by atoms with Crippen molar-refractivity contribution in [3.63, 3.8) is 0 Å². The number of nitrogens with one attached hydrogen (secondary N) is 1. The van der Waals surface area contributed by atoms with Crippen molar-refractivity contribution in [1.82, 2.24) is 10.2 Å². The van der Waals surface area contributed by atoms with E-state index in [0.29, 0.717) is 6.54 Å². The first-order valence-electron chi connectivity index (χ1n) is 8.17. The summed E-state index contributed by atoms with van der Waals surface area (Å²) < 4.78 is 0. The third kappa shape index (κ3) is 2.97. The zero-order valence-electron chi connectivity index (χ0n) is 12.6. The van der Waals surface area contributed by atoms with E-state index in [0.717, 1.165) is 38.5 Å². The van der Waals surface area contributed by atoms with Crippen LogP contribution in [0.15, 0.2) is 0 Å². The van der Waals surface area contributed by atoms with Crippen LogP contribution in [0.4, 0.5) is 0 Å². The molecule has 5 heteroatoms. The van der Waals surface area contributed by atoms with Crippen LogP contribution in [0.25, 0.3) is 0 Å². The normalized spacial score (nSPS) is 30.5. The van der Waals surface area contributed by atoms with Crippen molar-refractivity contribution in [1.29, 1.82) is 0 Å². The molecule has 2 amide bonds. The topological polar surface area (TPSA) is 66.5 Å². The van der Waals surface area contributed by atoms with E-state index < -0.39 is 11.8 Å². The first-order valence-corrected chi connectivity index (χ1v) is 8.17. The van der Waals surface area contributed by atoms with E-state index >= 15 is 0 Å². The molecule has 2 aliphatic carbocycles. The second-order valence-corrected chi connectivity index (χ2v) is 6.86. The predicted molar refractivity (Wildman–Crippen MR) is 77.4 cm³/mol. The summed E-state index contributed by atoms with van der Waals surface area (Å²) in [5.41, 5.74) is 0. The number of carbonyl (C=O) groups excluding carboxylic acids is 3. The van der Waals surface area contributed by atoms with E-state index in [1.54, 1.807) is 11.9 Å². The van der Waals surface area contributed by atoms with Crippen LogP contribution in [0.2, 0.25) is 0 Å². The summed E-state index contributed by atoms with van der Waals surface area (Å²) in [7, 11) is 1.74. The van der Waals surface area contributed by atoms with E-state index in [-0.39, 0.29) is 29.6 Å². The molecule has 1 N–H and O–H groups in total. The Morgan fingerprint density at radius 1 is 1.10 bits per heavy atom. The van der Waals surface area contributed by atoms with Gasteiger partial charge in [0.05, 0.1) is 11.8 Å². The van der Waals surface area contributed by atoms with Crippen LogP contribution in [0.3, 0.4) is 0 Å². The van der Waals surface area contributed by atoms with Crippen molar-refractivity contribution >= 4 is 17.6 Å². The first kappa shape index (κ1) is 14.5. The number of carbonyl (C=O) groups is 3. The summed E-state index contributed by atoms with van der Waals surface area (Å²) in [5, 5.41) is 2.77. The molecule has 0 spiro atoms. The lowest BCUT2D eigenvalue weighted by molar-refractivity contribution is -0.142. The Morgan fingerprint density at radius 3 is 2.38 bits per heavy atom. The van der Waals surface area contributed by atoms with Gasteiger partial charge in [-0.25, -0.2) is 0 Å². The number of nitrogens with zero attached hydrogens (tertiary/aromatic N) is 1. The van der Waals surface area contributed by atoms with Crippen molar-refractivity contribution in [2.45, 2.75) is 51.0 Å². The van der Waals surface area contributed by atoms with Gasteiger partial charge in [0.1, 0.15) is 0 Å². The second kappa shape index (κ2) is 5.78. The minimum atomic E-state index is -0.480. The van der Waals surface area contributed by atoms with Gasteiger partial charge in [0, 0.05) is 19.6 Å². The van der Waals surface area contributed by atoms with Crippen molar-refractivity contribution in [3.05, 3.63) is 0 Å². The van der Waals surface area contributed by atoms with Crippen LogP contribution < -0.4 is 5.32 Å². The van der Waals surface area contributed by atoms with Gasteiger partial charge in [-0.15, -0.1) is 0 Å². The van der Waals surface area contributed by atoms with Crippen LogP contribution in [-0.4, -0.2) is 42.1 Å². The number of rotatable bonds is 4. The molecule has 2 saturated carbocycles. The van der Waals surface area contributed by atoms with Crippen LogP contribution >= 0.6 is 0 Å². The molecular formula is C16H24N2O3. The molecule has 2 atom stereocenters. The Labute approximate surface area is 125 Å². The minimum Gasteiger partial charge on any atom is -0.347 e. The first-order chi connectivity index (χ1) is 10.1. The van der Waals surface area contributed by atoms with Gasteiger partial charge in [-0.1, -0.05) is 19.3 Å². The van der Waals surface area contributed by atoms with Crippen LogP contribution in [0.5, 0.6) is 0 Å². The highest BCUT2D eigenvalue weighted by Crippen LogP contribution is 2.39. The van der Waals surface area contributed by atoms with E-state index in [1.807, 2.05) is 0 Å². The largest absolute Gasteiger partial charge is 0.347 e. The molecule has 0 aromatic heterocycles. The van der Waals surface area contributed by atoms with Crippen LogP contribution in [-0.2, 0) is 14.4 Å². The monoisotopic (exact) mass is 292 g/mol. The molecule has 1 saturated heterocycles. The summed E-state index contributed by atoms with van der Waals surface area (Å²) >= 11 is 0. The van der Waals surface area contributed by atoms with Crippen LogP contribution in [0, 0.1) is 17.8 Å². The van der Waals surface area contributed by atoms with E-state index in [1.165, 1.54) is 6.42 Å². The molecule has 116 valence electrons. The highest BCUT2D eigenvalue weighted by atomic mass is 16.2. The molecule has 3 rings (SSSR count). The van der Waals surface area contributed by atoms with Gasteiger partial charge in [0.15, 0.2) is 0 Å². The number of likely N-dealkylation sites (tertiary alicyclic amines) is 1. The van der Waals surface area contributed by atoms with Gasteiger partial charge in [-0.05, 0) is 31.6 Å². The summed E-state index contributed by atoms with van der Waals surface area (Å²) in [6.45, 7) is 0.400. The molecular weight excluding hydrogens is 268 g/mol. The number of Topliss-reactive ketones (excluding diaryl/α,β-unsaturated/α-hetero) is 1. The lowest BCUT2D eigenvalue weighted by Crippen LogP contribution is -2.41. The quantitative estimate of drug-likeness (QED) is 0.790. The molecule has 0 aromatic carbocycles. The maximum Gasteiger partial charge on any atom is 0.287 e. The zero-order valence-corrected chi connectivity index (χ0v) is 12.6. The van der Waals surface area contributed by atoms with Crippen molar-refractivity contribution in [2.75, 3.05) is 13.6 Å². The van der Waals surface area contributed by atoms with Gasteiger partial charge in [0.2, 0.25) is 11.7 Å². The molecule has 1 aliphatic heterocycles. The Kier molecular flexibility index (Phi) is 4.00. The molecule has 0 aromatic rings. The Morgan fingerprint density at radius 2 is 1.76 bits per heavy atom. The lowest BCUT2D eigenvalue weighted by Gasteiger charge is -2.28. The summed E-state index contributed by atoms with van der Waals surface area (Å²) in [6.07, 6.45) is 7.44. The van der Waals surface area contributed by atoms with Crippen molar-refractivity contribution in [2.24, 2.45) is 17.8 Å². The molecule has 0 bridgehead atoms. The van der Waals surface area contributed by atoms with Crippen LogP contribution in [0.1, 0.15) is 44.9 Å². The fourth-order valence-electron chi connectivity index (χ4n) is 3.85. The van der Waals surface area contributed by atoms with Gasteiger partial charge in [0.25, 0.3) is 5.91 Å². The highest BCUT2D eigenvalue weighted by molar-refractivity contribution is 6.37. The standard InChI is InChI=1S/C16H24N2O3/c1-18-9-12(14(19)15(20)17-11-7-8-11)13(16(18)21)10-5-3-2-4-6-10/h10-13H,2-9H2,1H3,(H,17,20)/t12-,13+/m0/s1. The van der Waals surface area contributed by atoms with Gasteiger partial charge >= 0.3 is 0 Å². The third-order valence-corrected chi connectivity index (χ3v) is 5.20. The maximum atomic E-state index is 12.5. The molecule has 3 aliphatic rings. The molecule has 3 fully saturated rings. The molecule has 1 heterocycles. The summed E-state index contributed by atoms with van der Waals surface area (Å²) in [5.74, 6) is -1.24. The smallest absolute Gasteiger partial charge is 0.287 e. The average molecular weight is 292 g/mol. The Bertz CT molecular complexity index is 452. The summed E-state index contributed by atoms with van der Waals surface area (Å²) in [6, 6.07) is 0.185. The Hall–Kier alpha value is -1.39. The molecule has 5 nitrogen and oxygen atoms in total. The number of amides is 2. The number of ketones is 1. The zero-order chi connectivity index (χ0) is 15.0. The highest BCUT2D eigenvalue weighted by Gasteiger charge is 2.48. The molecule has 0 radical (unpaired) electrons. The predicted octanol–water partition coefficient (Wildman–Crippen LogP) is 1.12. The molecule has 0 unspecified atom stereocenters. The summed E-state index contributed by atoms with van der Waals surface area (Å²) in [4.78, 5) is 38.5. The van der Waals surface area contributed by atoms with Gasteiger partial charge < -0.3 is 10.2 Å². The lowest BCUT2D eigenvalue weighted by atomic mass is 9.74. The third-order valence-electron chi connectivity index (χ3n) is 5.20. The fourth-order valence-corrected chi connectivity index (χ4v) is 3.85. The fraction of sp³-hybridized carbons (Fsp3) is 0.812. The van der Waals surface area contributed by atoms with E-state index in [2.05, 4.69) is 5.32 Å².